The first-order valence-corrected chi connectivity index (χ1v) is 10.0. The molecule has 0 aliphatic carbocycles. The summed E-state index contributed by atoms with van der Waals surface area (Å²) in [6.07, 6.45) is 2.22. The maximum absolute atomic E-state index is 12.4. The molecule has 27 heavy (non-hydrogen) atoms. The molecular weight excluding hydrogens is 388 g/mol. The van der Waals surface area contributed by atoms with Gasteiger partial charge in [-0.1, -0.05) is 36.3 Å². The van der Waals surface area contributed by atoms with Crippen LogP contribution in [0.2, 0.25) is 5.02 Å². The molecule has 0 radical (unpaired) electrons. The predicted molar refractivity (Wildman–Crippen MR) is 104 cm³/mol. The van der Waals surface area contributed by atoms with Crippen molar-refractivity contribution < 1.29 is 14.3 Å². The Bertz CT molecular complexity index is 796. The zero-order chi connectivity index (χ0) is 19.2. The van der Waals surface area contributed by atoms with Crippen LogP contribution in [-0.2, 0) is 16.2 Å². The van der Waals surface area contributed by atoms with Gasteiger partial charge in [0.25, 0.3) is 0 Å². The number of nitrogens with zero attached hydrogens (tertiary/aromatic N) is 3. The third-order valence-electron chi connectivity index (χ3n) is 4.24. The van der Waals surface area contributed by atoms with Gasteiger partial charge in [-0.2, -0.15) is 0 Å². The number of benzene rings is 1. The van der Waals surface area contributed by atoms with Gasteiger partial charge >= 0.3 is 0 Å². The van der Waals surface area contributed by atoms with Crippen LogP contribution >= 0.6 is 22.9 Å². The van der Waals surface area contributed by atoms with Gasteiger partial charge in [-0.3, -0.25) is 9.59 Å². The van der Waals surface area contributed by atoms with Crippen LogP contribution in [0.5, 0.6) is 5.75 Å². The van der Waals surface area contributed by atoms with Gasteiger partial charge in [0, 0.05) is 24.5 Å². The van der Waals surface area contributed by atoms with Crippen molar-refractivity contribution in [2.75, 3.05) is 18.4 Å². The van der Waals surface area contributed by atoms with Crippen LogP contribution in [0, 0.1) is 5.92 Å². The molecule has 144 valence electrons. The minimum Gasteiger partial charge on any atom is -0.486 e. The summed E-state index contributed by atoms with van der Waals surface area (Å²) < 4.78 is 5.62. The van der Waals surface area contributed by atoms with Crippen LogP contribution in [0.25, 0.3) is 0 Å². The third-order valence-corrected chi connectivity index (χ3v) is 5.30. The number of ether oxygens (including phenoxy) is 1. The molecule has 1 atom stereocenters. The third kappa shape index (κ3) is 5.40. The molecule has 0 bridgehead atoms. The Morgan fingerprint density at radius 1 is 1.37 bits per heavy atom. The van der Waals surface area contributed by atoms with Crippen LogP contribution in [0.15, 0.2) is 24.3 Å². The van der Waals surface area contributed by atoms with Gasteiger partial charge in [0.15, 0.2) is 5.01 Å². The van der Waals surface area contributed by atoms with E-state index in [4.69, 9.17) is 16.3 Å². The van der Waals surface area contributed by atoms with E-state index < -0.39 is 0 Å². The molecule has 7 nitrogen and oxygen atoms in total. The standard InChI is InChI=1S/C18H21ClN4O3S/c1-2-3-8-23-10-12(9-16(23)24)17(25)20-18-22-21-15(27-18)11-26-14-6-4-13(19)5-7-14/h4-7,12H,2-3,8-11H2,1H3,(H,20,22,25)/t12-/m0/s1. The number of halogens is 1. The highest BCUT2D eigenvalue weighted by Crippen LogP contribution is 2.23. The maximum atomic E-state index is 12.4. The smallest absolute Gasteiger partial charge is 0.231 e. The molecule has 2 amide bonds. The van der Waals surface area contributed by atoms with Crippen LogP contribution in [0.4, 0.5) is 5.13 Å². The fourth-order valence-electron chi connectivity index (χ4n) is 2.76. The zero-order valence-corrected chi connectivity index (χ0v) is 16.6. The maximum Gasteiger partial charge on any atom is 0.231 e. The summed E-state index contributed by atoms with van der Waals surface area (Å²) in [6.45, 7) is 3.51. The number of carbonyl (C=O) groups is 2. The highest BCUT2D eigenvalue weighted by atomic mass is 35.5. The molecule has 2 aromatic rings. The minimum atomic E-state index is -0.341. The number of likely N-dealkylation sites (tertiary alicyclic amines) is 1. The number of rotatable bonds is 8. The number of unbranched alkanes of at least 4 members (excludes halogenated alkanes) is 1. The molecule has 1 saturated heterocycles. The Morgan fingerprint density at radius 3 is 2.89 bits per heavy atom. The molecule has 1 aromatic heterocycles. The number of anilines is 1. The normalized spacial score (nSPS) is 16.6. The Balaban J connectivity index is 1.49. The Labute approximate surface area is 166 Å². The molecule has 3 rings (SSSR count). The van der Waals surface area contributed by atoms with E-state index in [1.165, 1.54) is 11.3 Å². The number of hydrogen-bond donors (Lipinski definition) is 1. The summed E-state index contributed by atoms with van der Waals surface area (Å²) in [7, 11) is 0. The molecule has 2 heterocycles. The van der Waals surface area contributed by atoms with Crippen LogP contribution in [-0.4, -0.2) is 40.0 Å². The van der Waals surface area contributed by atoms with E-state index in [1.54, 1.807) is 29.2 Å². The molecule has 0 unspecified atom stereocenters. The van der Waals surface area contributed by atoms with Gasteiger partial charge < -0.3 is 15.0 Å². The van der Waals surface area contributed by atoms with Gasteiger partial charge in [-0.05, 0) is 30.7 Å². The second-order valence-corrected chi connectivity index (χ2v) is 7.83. The van der Waals surface area contributed by atoms with Gasteiger partial charge in [0.05, 0.1) is 5.92 Å². The van der Waals surface area contributed by atoms with E-state index in [1.807, 2.05) is 0 Å². The highest BCUT2D eigenvalue weighted by Gasteiger charge is 2.34. The molecule has 1 aromatic carbocycles. The van der Waals surface area contributed by atoms with E-state index in [0.29, 0.717) is 34.0 Å². The fraction of sp³-hybridized carbons (Fsp3) is 0.444. The first kappa shape index (κ1) is 19.6. The lowest BCUT2D eigenvalue weighted by Crippen LogP contribution is -2.29. The van der Waals surface area contributed by atoms with Crippen LogP contribution in [0.1, 0.15) is 31.2 Å². The van der Waals surface area contributed by atoms with Gasteiger partial charge in [-0.15, -0.1) is 10.2 Å². The number of aromatic nitrogens is 2. The number of nitrogens with one attached hydrogen (secondary N) is 1. The lowest BCUT2D eigenvalue weighted by Gasteiger charge is -2.15. The number of hydrogen-bond acceptors (Lipinski definition) is 6. The lowest BCUT2D eigenvalue weighted by atomic mass is 10.1. The van der Waals surface area contributed by atoms with Crippen molar-refractivity contribution in [3.05, 3.63) is 34.3 Å². The SMILES string of the molecule is CCCCN1C[C@@H](C(=O)Nc2nnc(COc3ccc(Cl)cc3)s2)CC1=O. The fourth-order valence-corrected chi connectivity index (χ4v) is 3.54. The van der Waals surface area contributed by atoms with Crippen molar-refractivity contribution in [1.82, 2.24) is 15.1 Å². The summed E-state index contributed by atoms with van der Waals surface area (Å²) in [5.74, 6) is 0.186. The summed E-state index contributed by atoms with van der Waals surface area (Å²) >= 11 is 7.09. The van der Waals surface area contributed by atoms with E-state index >= 15 is 0 Å². The van der Waals surface area contributed by atoms with Crippen molar-refractivity contribution >= 4 is 39.9 Å². The molecule has 0 saturated carbocycles. The quantitative estimate of drug-likeness (QED) is 0.723. The molecule has 1 N–H and O–H groups in total. The Morgan fingerprint density at radius 2 is 2.15 bits per heavy atom. The zero-order valence-electron chi connectivity index (χ0n) is 15.0. The van der Waals surface area contributed by atoms with Gasteiger partial charge in [0.1, 0.15) is 12.4 Å². The van der Waals surface area contributed by atoms with E-state index in [9.17, 15) is 9.59 Å². The molecule has 1 aliphatic rings. The minimum absolute atomic E-state index is 0.0397. The first-order valence-electron chi connectivity index (χ1n) is 8.84. The average molecular weight is 409 g/mol. The summed E-state index contributed by atoms with van der Waals surface area (Å²) in [5, 5.41) is 12.5. The van der Waals surface area contributed by atoms with Gasteiger partial charge in [-0.25, -0.2) is 0 Å². The van der Waals surface area contributed by atoms with E-state index in [-0.39, 0.29) is 30.8 Å². The van der Waals surface area contributed by atoms with Crippen molar-refractivity contribution in [3.63, 3.8) is 0 Å². The van der Waals surface area contributed by atoms with E-state index in [0.717, 1.165) is 12.8 Å². The highest BCUT2D eigenvalue weighted by molar-refractivity contribution is 7.15. The van der Waals surface area contributed by atoms with Gasteiger partial charge in [0.2, 0.25) is 16.9 Å². The first-order chi connectivity index (χ1) is 13.0. The van der Waals surface area contributed by atoms with Crippen LogP contribution < -0.4 is 10.1 Å². The van der Waals surface area contributed by atoms with Crippen LogP contribution in [0.3, 0.4) is 0 Å². The van der Waals surface area contributed by atoms with Crippen molar-refractivity contribution in [2.24, 2.45) is 5.92 Å². The predicted octanol–water partition coefficient (Wildman–Crippen LogP) is 3.36. The Kier molecular flexibility index (Phi) is 6.63. The molecule has 1 fully saturated rings. The van der Waals surface area contributed by atoms with Crippen molar-refractivity contribution in [3.8, 4) is 5.75 Å². The lowest BCUT2D eigenvalue weighted by molar-refractivity contribution is -0.128. The average Bonchev–Trinajstić information content (AvgIpc) is 3.26. The van der Waals surface area contributed by atoms with Crippen molar-refractivity contribution in [2.45, 2.75) is 32.8 Å². The summed E-state index contributed by atoms with van der Waals surface area (Å²) in [5.41, 5.74) is 0. The second-order valence-electron chi connectivity index (χ2n) is 6.33. The Hall–Kier alpha value is -2.19. The topological polar surface area (TPSA) is 84.4 Å². The molecule has 0 spiro atoms. The monoisotopic (exact) mass is 408 g/mol. The number of amides is 2. The summed E-state index contributed by atoms with van der Waals surface area (Å²) in [4.78, 5) is 26.2. The molecule has 1 aliphatic heterocycles. The number of carbonyl (C=O) groups excluding carboxylic acids is 2. The van der Waals surface area contributed by atoms with Crippen molar-refractivity contribution in [1.29, 1.82) is 0 Å². The summed E-state index contributed by atoms with van der Waals surface area (Å²) in [6, 6.07) is 7.03. The van der Waals surface area contributed by atoms with E-state index in [2.05, 4.69) is 22.4 Å². The molecule has 9 heteroatoms. The largest absolute Gasteiger partial charge is 0.486 e. The molecular formula is C18H21ClN4O3S. The second kappa shape index (κ2) is 9.14.